The summed E-state index contributed by atoms with van der Waals surface area (Å²) in [7, 11) is 0. The molecule has 2 aliphatic rings. The van der Waals surface area contributed by atoms with Crippen LogP contribution >= 0.6 is 0 Å². The molecule has 2 aliphatic heterocycles. The molecular weight excluding hydrogens is 384 g/mol. The van der Waals surface area contributed by atoms with Crippen LogP contribution in [0.15, 0.2) is 48.7 Å². The van der Waals surface area contributed by atoms with E-state index >= 15 is 0 Å². The number of nitrogens with one attached hydrogen (secondary N) is 3. The second-order valence-electron chi connectivity index (χ2n) is 7.24. The molecule has 9 heteroatoms. The number of amides is 3. The quantitative estimate of drug-likeness (QED) is 0.621. The van der Waals surface area contributed by atoms with E-state index in [4.69, 9.17) is 0 Å². The summed E-state index contributed by atoms with van der Waals surface area (Å²) in [5.41, 5.74) is 2.75. The minimum Gasteiger partial charge on any atom is -0.327 e. The van der Waals surface area contributed by atoms with Crippen molar-refractivity contribution in [2.45, 2.75) is 18.9 Å². The van der Waals surface area contributed by atoms with Crippen molar-refractivity contribution in [3.05, 3.63) is 59.9 Å². The summed E-state index contributed by atoms with van der Waals surface area (Å²) in [5.74, 6) is -0.773. The Morgan fingerprint density at radius 3 is 2.87 bits per heavy atom. The lowest BCUT2D eigenvalue weighted by Crippen LogP contribution is -2.40. The minimum absolute atomic E-state index is 0.170. The highest BCUT2D eigenvalue weighted by atomic mass is 16.2. The smallest absolute Gasteiger partial charge is 0.273 e. The molecule has 0 unspecified atom stereocenters. The van der Waals surface area contributed by atoms with Crippen molar-refractivity contribution in [1.29, 1.82) is 0 Å². The first-order chi connectivity index (χ1) is 14.6. The molecular formula is C21H18N6O3. The molecule has 1 fully saturated rings. The van der Waals surface area contributed by atoms with E-state index in [1.165, 1.54) is 0 Å². The Morgan fingerprint density at radius 2 is 2.03 bits per heavy atom. The SMILES string of the molecule is O=C(Nc1ccc2c(c1)C(=O)N1CCC[C@@H]1C(=O)N2)c1cc(-c2ccccn2)n[nH]1. The van der Waals surface area contributed by atoms with E-state index in [-0.39, 0.29) is 17.5 Å². The first-order valence-corrected chi connectivity index (χ1v) is 9.64. The van der Waals surface area contributed by atoms with Crippen molar-refractivity contribution in [3.63, 3.8) is 0 Å². The van der Waals surface area contributed by atoms with Gasteiger partial charge in [0, 0.05) is 18.4 Å². The zero-order chi connectivity index (χ0) is 20.7. The number of nitrogens with zero attached hydrogens (tertiary/aromatic N) is 3. The number of anilines is 2. The van der Waals surface area contributed by atoms with E-state index in [2.05, 4.69) is 25.8 Å². The maximum Gasteiger partial charge on any atom is 0.273 e. The minimum atomic E-state index is -0.432. The average molecular weight is 402 g/mol. The molecule has 4 heterocycles. The average Bonchev–Trinajstić information content (AvgIpc) is 3.43. The number of pyridine rings is 1. The van der Waals surface area contributed by atoms with Crippen molar-refractivity contribution in [2.75, 3.05) is 17.2 Å². The molecule has 1 aromatic carbocycles. The maximum absolute atomic E-state index is 12.9. The Bertz CT molecular complexity index is 1160. The summed E-state index contributed by atoms with van der Waals surface area (Å²) >= 11 is 0. The lowest BCUT2D eigenvalue weighted by molar-refractivity contribution is -0.119. The van der Waals surface area contributed by atoms with Crippen LogP contribution in [0, 0.1) is 0 Å². The Labute approximate surface area is 171 Å². The summed E-state index contributed by atoms with van der Waals surface area (Å²) < 4.78 is 0. The van der Waals surface area contributed by atoms with E-state index in [1.807, 2.05) is 6.07 Å². The fraction of sp³-hybridized carbons (Fsp3) is 0.190. The maximum atomic E-state index is 12.9. The second-order valence-corrected chi connectivity index (χ2v) is 7.24. The molecule has 9 nitrogen and oxygen atoms in total. The van der Waals surface area contributed by atoms with Crippen LogP contribution in [0.4, 0.5) is 11.4 Å². The monoisotopic (exact) mass is 402 g/mol. The van der Waals surface area contributed by atoms with Gasteiger partial charge in [-0.1, -0.05) is 6.07 Å². The van der Waals surface area contributed by atoms with Crippen LogP contribution < -0.4 is 10.6 Å². The molecule has 3 aromatic rings. The number of hydrogen-bond donors (Lipinski definition) is 3. The Hall–Kier alpha value is -4.01. The van der Waals surface area contributed by atoms with Crippen LogP contribution in [0.5, 0.6) is 0 Å². The molecule has 30 heavy (non-hydrogen) atoms. The summed E-state index contributed by atoms with van der Waals surface area (Å²) in [6.07, 6.45) is 3.11. The molecule has 0 spiro atoms. The number of fused-ring (bicyclic) bond motifs is 2. The van der Waals surface area contributed by atoms with Gasteiger partial charge in [0.15, 0.2) is 0 Å². The molecule has 0 saturated carbocycles. The third-order valence-corrected chi connectivity index (χ3v) is 5.33. The molecule has 0 aliphatic carbocycles. The molecule has 3 N–H and O–H groups in total. The molecule has 1 saturated heterocycles. The number of aromatic nitrogens is 3. The molecule has 150 valence electrons. The van der Waals surface area contributed by atoms with E-state index in [0.717, 1.165) is 6.42 Å². The van der Waals surface area contributed by atoms with E-state index in [0.29, 0.717) is 41.3 Å². The third kappa shape index (κ3) is 3.10. The van der Waals surface area contributed by atoms with Gasteiger partial charge in [-0.15, -0.1) is 0 Å². The van der Waals surface area contributed by atoms with Crippen molar-refractivity contribution in [2.24, 2.45) is 0 Å². The van der Waals surface area contributed by atoms with E-state index in [1.54, 1.807) is 47.5 Å². The highest BCUT2D eigenvalue weighted by Gasteiger charge is 2.38. The van der Waals surface area contributed by atoms with Crippen LogP contribution in [0.1, 0.15) is 33.7 Å². The number of carbonyl (C=O) groups excluding carboxylic acids is 3. The fourth-order valence-corrected chi connectivity index (χ4v) is 3.84. The van der Waals surface area contributed by atoms with Crippen LogP contribution in [-0.4, -0.2) is 50.4 Å². The Balaban J connectivity index is 1.38. The van der Waals surface area contributed by atoms with Crippen LogP contribution in [0.3, 0.4) is 0 Å². The lowest BCUT2D eigenvalue weighted by Gasteiger charge is -2.20. The zero-order valence-corrected chi connectivity index (χ0v) is 15.9. The van der Waals surface area contributed by atoms with Crippen LogP contribution in [0.25, 0.3) is 11.4 Å². The summed E-state index contributed by atoms with van der Waals surface area (Å²) in [6.45, 7) is 0.553. The molecule has 5 rings (SSSR count). The molecule has 3 amide bonds. The number of benzene rings is 1. The first-order valence-electron chi connectivity index (χ1n) is 9.64. The standard InChI is InChI=1S/C21H18N6O3/c28-19(17-11-16(25-26-17)15-4-1-2-8-22-15)23-12-6-7-14-13(10-12)21(30)27-9-3-5-18(27)20(29)24-14/h1-2,4,6-8,10-11,18H,3,5,9H2,(H,23,28)(H,24,29)(H,25,26)/t18-/m1/s1. The van der Waals surface area contributed by atoms with Crippen molar-refractivity contribution >= 4 is 29.1 Å². The first kappa shape index (κ1) is 18.0. The number of rotatable bonds is 3. The van der Waals surface area contributed by atoms with Gasteiger partial charge in [-0.05, 0) is 49.2 Å². The Kier molecular flexibility index (Phi) is 4.27. The number of H-pyrrole nitrogens is 1. The van der Waals surface area contributed by atoms with Gasteiger partial charge in [0.05, 0.1) is 16.9 Å². The van der Waals surface area contributed by atoms with Crippen molar-refractivity contribution < 1.29 is 14.4 Å². The van der Waals surface area contributed by atoms with Gasteiger partial charge in [0.25, 0.3) is 11.8 Å². The second kappa shape index (κ2) is 7.11. The van der Waals surface area contributed by atoms with Gasteiger partial charge in [-0.2, -0.15) is 5.10 Å². The predicted octanol–water partition coefficient (Wildman–Crippen LogP) is 2.28. The fourth-order valence-electron chi connectivity index (χ4n) is 3.84. The summed E-state index contributed by atoms with van der Waals surface area (Å²) in [5, 5.41) is 12.4. The summed E-state index contributed by atoms with van der Waals surface area (Å²) in [4.78, 5) is 43.8. The molecule has 0 radical (unpaired) electrons. The van der Waals surface area contributed by atoms with E-state index < -0.39 is 11.9 Å². The molecule has 2 aromatic heterocycles. The third-order valence-electron chi connectivity index (χ3n) is 5.33. The van der Waals surface area contributed by atoms with Crippen LogP contribution in [0.2, 0.25) is 0 Å². The van der Waals surface area contributed by atoms with Gasteiger partial charge in [0.2, 0.25) is 5.91 Å². The highest BCUT2D eigenvalue weighted by molar-refractivity contribution is 6.11. The lowest BCUT2D eigenvalue weighted by atomic mass is 10.1. The Morgan fingerprint density at radius 1 is 1.13 bits per heavy atom. The number of carbonyl (C=O) groups is 3. The molecule has 0 bridgehead atoms. The number of hydrogen-bond acceptors (Lipinski definition) is 5. The van der Waals surface area contributed by atoms with Crippen molar-refractivity contribution in [1.82, 2.24) is 20.1 Å². The summed E-state index contributed by atoms with van der Waals surface area (Å²) in [6, 6.07) is 11.5. The van der Waals surface area contributed by atoms with Crippen LogP contribution in [-0.2, 0) is 4.79 Å². The van der Waals surface area contributed by atoms with Gasteiger partial charge >= 0.3 is 0 Å². The normalized spacial score (nSPS) is 17.7. The van der Waals surface area contributed by atoms with Gasteiger partial charge in [-0.25, -0.2) is 0 Å². The van der Waals surface area contributed by atoms with E-state index in [9.17, 15) is 14.4 Å². The highest BCUT2D eigenvalue weighted by Crippen LogP contribution is 2.30. The zero-order valence-electron chi connectivity index (χ0n) is 15.9. The topological polar surface area (TPSA) is 120 Å². The van der Waals surface area contributed by atoms with Gasteiger partial charge in [0.1, 0.15) is 17.4 Å². The van der Waals surface area contributed by atoms with Gasteiger partial charge < -0.3 is 15.5 Å². The largest absolute Gasteiger partial charge is 0.327 e. The molecule has 1 atom stereocenters. The predicted molar refractivity (Wildman–Crippen MR) is 109 cm³/mol. The van der Waals surface area contributed by atoms with Crippen molar-refractivity contribution in [3.8, 4) is 11.4 Å². The number of aromatic amines is 1. The van der Waals surface area contributed by atoms with Gasteiger partial charge in [-0.3, -0.25) is 24.5 Å².